The Hall–Kier alpha value is -2.13. The molecule has 0 aromatic carbocycles. The summed E-state index contributed by atoms with van der Waals surface area (Å²) in [4.78, 5) is 29.4. The number of pyridine rings is 1. The average molecular weight is 367 g/mol. The monoisotopic (exact) mass is 367 g/mol. The van der Waals surface area contributed by atoms with Crippen molar-refractivity contribution in [1.29, 1.82) is 0 Å². The van der Waals surface area contributed by atoms with Crippen LogP contribution in [0.1, 0.15) is 19.3 Å². The SMILES string of the molecule is CN(C)C(=O)[C@H]1CC[C@H](NC(=S)C(=O)Nc2ccc(F)cn2)[C@H](N)C1. The van der Waals surface area contributed by atoms with Gasteiger partial charge in [0.2, 0.25) is 5.91 Å². The molecular weight excluding hydrogens is 345 g/mol. The number of rotatable bonds is 3. The van der Waals surface area contributed by atoms with Gasteiger partial charge in [0.05, 0.1) is 6.20 Å². The number of hydrogen-bond acceptors (Lipinski definition) is 5. The van der Waals surface area contributed by atoms with Crippen molar-refractivity contribution >= 4 is 34.8 Å². The highest BCUT2D eigenvalue weighted by Gasteiger charge is 2.33. The van der Waals surface area contributed by atoms with Gasteiger partial charge in [-0.2, -0.15) is 0 Å². The Morgan fingerprint density at radius 3 is 2.64 bits per heavy atom. The van der Waals surface area contributed by atoms with Crippen LogP contribution in [0.25, 0.3) is 0 Å². The van der Waals surface area contributed by atoms with E-state index in [1.807, 2.05) is 0 Å². The third-order valence-corrected chi connectivity index (χ3v) is 4.48. The molecule has 1 aromatic rings. The van der Waals surface area contributed by atoms with Gasteiger partial charge in [0.25, 0.3) is 5.91 Å². The molecule has 9 heteroatoms. The Balaban J connectivity index is 1.87. The van der Waals surface area contributed by atoms with Crippen LogP contribution in [-0.2, 0) is 9.59 Å². The highest BCUT2D eigenvalue weighted by atomic mass is 32.1. The fourth-order valence-corrected chi connectivity index (χ4v) is 3.03. The first kappa shape index (κ1) is 19.2. The predicted molar refractivity (Wildman–Crippen MR) is 96.4 cm³/mol. The summed E-state index contributed by atoms with van der Waals surface area (Å²) in [6.07, 6.45) is 2.88. The van der Waals surface area contributed by atoms with Gasteiger partial charge in [-0.15, -0.1) is 0 Å². The molecular formula is C16H22FN5O2S. The van der Waals surface area contributed by atoms with Crippen molar-refractivity contribution in [2.75, 3.05) is 19.4 Å². The molecule has 1 heterocycles. The molecule has 3 atom stereocenters. The fraction of sp³-hybridized carbons (Fsp3) is 0.500. The fourth-order valence-electron chi connectivity index (χ4n) is 2.83. The summed E-state index contributed by atoms with van der Waals surface area (Å²) in [5.41, 5.74) is 6.15. The van der Waals surface area contributed by atoms with Crippen molar-refractivity contribution in [2.24, 2.45) is 11.7 Å². The molecule has 2 amide bonds. The van der Waals surface area contributed by atoms with Crippen LogP contribution < -0.4 is 16.4 Å². The number of halogens is 1. The Kier molecular flexibility index (Phi) is 6.38. The minimum Gasteiger partial charge on any atom is -0.367 e. The van der Waals surface area contributed by atoms with Crippen molar-refractivity contribution in [3.8, 4) is 0 Å². The van der Waals surface area contributed by atoms with Crippen LogP contribution >= 0.6 is 12.2 Å². The minimum absolute atomic E-state index is 0.0102. The van der Waals surface area contributed by atoms with Gasteiger partial charge in [0.1, 0.15) is 11.6 Å². The summed E-state index contributed by atoms with van der Waals surface area (Å²) in [5, 5.41) is 5.45. The first-order chi connectivity index (χ1) is 11.8. The first-order valence-corrected chi connectivity index (χ1v) is 8.39. The van der Waals surface area contributed by atoms with Crippen LogP contribution in [0.4, 0.5) is 10.2 Å². The van der Waals surface area contributed by atoms with Crippen molar-refractivity contribution < 1.29 is 14.0 Å². The maximum absolute atomic E-state index is 12.8. The number of nitrogens with two attached hydrogens (primary N) is 1. The number of nitrogens with zero attached hydrogens (tertiary/aromatic N) is 2. The van der Waals surface area contributed by atoms with E-state index < -0.39 is 11.7 Å². The molecule has 0 bridgehead atoms. The summed E-state index contributed by atoms with van der Waals surface area (Å²) in [6, 6.07) is 2.08. The number of carbonyl (C=O) groups is 2. The second kappa shape index (κ2) is 8.30. The lowest BCUT2D eigenvalue weighted by Gasteiger charge is -2.35. The molecule has 0 spiro atoms. The second-order valence-electron chi connectivity index (χ2n) is 6.30. The number of aromatic nitrogens is 1. The summed E-state index contributed by atoms with van der Waals surface area (Å²) in [7, 11) is 3.45. The summed E-state index contributed by atoms with van der Waals surface area (Å²) >= 11 is 5.10. The zero-order chi connectivity index (χ0) is 18.6. The summed E-state index contributed by atoms with van der Waals surface area (Å²) in [6.45, 7) is 0. The predicted octanol–water partition coefficient (Wildman–Crippen LogP) is 0.660. The van der Waals surface area contributed by atoms with E-state index in [1.165, 1.54) is 12.1 Å². The van der Waals surface area contributed by atoms with E-state index in [0.717, 1.165) is 6.20 Å². The van der Waals surface area contributed by atoms with E-state index in [-0.39, 0.29) is 34.7 Å². The Morgan fingerprint density at radius 1 is 1.36 bits per heavy atom. The third-order valence-electron chi connectivity index (χ3n) is 4.18. The lowest BCUT2D eigenvalue weighted by Crippen LogP contribution is -2.54. The summed E-state index contributed by atoms with van der Waals surface area (Å²) < 4.78 is 12.8. The van der Waals surface area contributed by atoms with Gasteiger partial charge in [-0.3, -0.25) is 9.59 Å². The van der Waals surface area contributed by atoms with E-state index in [1.54, 1.807) is 19.0 Å². The Bertz CT molecular complexity index is 652. The lowest BCUT2D eigenvalue weighted by molar-refractivity contribution is -0.134. The molecule has 1 saturated carbocycles. The molecule has 136 valence electrons. The van der Waals surface area contributed by atoms with Crippen LogP contribution in [0.15, 0.2) is 18.3 Å². The van der Waals surface area contributed by atoms with Crippen LogP contribution in [0.2, 0.25) is 0 Å². The minimum atomic E-state index is -0.534. The van der Waals surface area contributed by atoms with Gasteiger partial charge in [0, 0.05) is 32.1 Å². The van der Waals surface area contributed by atoms with E-state index in [4.69, 9.17) is 18.0 Å². The maximum Gasteiger partial charge on any atom is 0.284 e. The molecule has 4 N–H and O–H groups in total. The number of carbonyl (C=O) groups excluding carboxylic acids is 2. The molecule has 1 aliphatic carbocycles. The molecule has 1 aliphatic rings. The molecule has 2 rings (SSSR count). The van der Waals surface area contributed by atoms with Crippen molar-refractivity contribution in [2.45, 2.75) is 31.3 Å². The van der Waals surface area contributed by atoms with Crippen LogP contribution in [0.5, 0.6) is 0 Å². The molecule has 0 unspecified atom stereocenters. The van der Waals surface area contributed by atoms with Gasteiger partial charge < -0.3 is 21.3 Å². The van der Waals surface area contributed by atoms with Crippen molar-refractivity contribution in [3.05, 3.63) is 24.1 Å². The quantitative estimate of drug-likeness (QED) is 0.679. The number of hydrogen-bond donors (Lipinski definition) is 3. The smallest absolute Gasteiger partial charge is 0.284 e. The van der Waals surface area contributed by atoms with Crippen molar-refractivity contribution in [1.82, 2.24) is 15.2 Å². The molecule has 7 nitrogen and oxygen atoms in total. The molecule has 0 aliphatic heterocycles. The molecule has 1 fully saturated rings. The van der Waals surface area contributed by atoms with Gasteiger partial charge >= 0.3 is 0 Å². The Morgan fingerprint density at radius 2 is 2.08 bits per heavy atom. The van der Waals surface area contributed by atoms with Crippen LogP contribution in [0.3, 0.4) is 0 Å². The first-order valence-electron chi connectivity index (χ1n) is 7.98. The standard InChI is InChI=1S/C16H22FN5O2S/c1-22(2)16(24)9-3-5-12(11(18)7-9)20-15(25)14(23)21-13-6-4-10(17)8-19-13/h4,6,8-9,11-12H,3,5,7,18H2,1-2H3,(H,20,25)(H,19,21,23)/t9-,11+,12-/m0/s1. The number of nitrogens with one attached hydrogen (secondary N) is 2. The topological polar surface area (TPSA) is 100 Å². The zero-order valence-electron chi connectivity index (χ0n) is 14.2. The highest BCUT2D eigenvalue weighted by molar-refractivity contribution is 7.82. The van der Waals surface area contributed by atoms with Gasteiger partial charge in [0.15, 0.2) is 4.99 Å². The molecule has 25 heavy (non-hydrogen) atoms. The third kappa shape index (κ3) is 5.17. The van der Waals surface area contributed by atoms with E-state index in [2.05, 4.69) is 15.6 Å². The molecule has 1 aromatic heterocycles. The van der Waals surface area contributed by atoms with Crippen LogP contribution in [0, 0.1) is 11.7 Å². The summed E-state index contributed by atoms with van der Waals surface area (Å²) in [5.74, 6) is -0.855. The largest absolute Gasteiger partial charge is 0.367 e. The normalized spacial score (nSPS) is 22.8. The number of anilines is 1. The van der Waals surface area contributed by atoms with E-state index in [0.29, 0.717) is 19.3 Å². The van der Waals surface area contributed by atoms with E-state index in [9.17, 15) is 14.0 Å². The van der Waals surface area contributed by atoms with Gasteiger partial charge in [-0.25, -0.2) is 9.37 Å². The van der Waals surface area contributed by atoms with Gasteiger partial charge in [-0.1, -0.05) is 12.2 Å². The van der Waals surface area contributed by atoms with E-state index >= 15 is 0 Å². The number of thiocarbonyl (C=S) groups is 1. The highest BCUT2D eigenvalue weighted by Crippen LogP contribution is 2.25. The lowest BCUT2D eigenvalue weighted by atomic mass is 9.82. The molecule has 0 radical (unpaired) electrons. The molecule has 0 saturated heterocycles. The van der Waals surface area contributed by atoms with Gasteiger partial charge in [-0.05, 0) is 31.4 Å². The second-order valence-corrected chi connectivity index (χ2v) is 6.71. The van der Waals surface area contributed by atoms with Crippen LogP contribution in [-0.4, -0.2) is 52.9 Å². The average Bonchev–Trinajstić information content (AvgIpc) is 2.57. The number of amides is 2. The van der Waals surface area contributed by atoms with Crippen molar-refractivity contribution in [3.63, 3.8) is 0 Å². The zero-order valence-corrected chi connectivity index (χ0v) is 15.0. The Labute approximate surface area is 151 Å². The maximum atomic E-state index is 12.8.